The van der Waals surface area contributed by atoms with Crippen molar-refractivity contribution in [3.8, 4) is 5.82 Å². The molecule has 7 nitrogen and oxygen atoms in total. The van der Waals surface area contributed by atoms with Crippen molar-refractivity contribution in [2.24, 2.45) is 14.1 Å². The molecule has 0 spiro atoms. The zero-order valence-corrected chi connectivity index (χ0v) is 14.4. The number of imidazole rings is 1. The predicted octanol–water partition coefficient (Wildman–Crippen LogP) is 1.53. The van der Waals surface area contributed by atoms with Crippen LogP contribution >= 0.6 is 0 Å². The molecule has 0 aromatic carbocycles. The molecule has 0 aliphatic carbocycles. The van der Waals surface area contributed by atoms with Gasteiger partial charge < -0.3 is 14.5 Å². The summed E-state index contributed by atoms with van der Waals surface area (Å²) >= 11 is 0. The third kappa shape index (κ3) is 2.84. The van der Waals surface area contributed by atoms with Crippen molar-refractivity contribution in [1.82, 2.24) is 29.2 Å². The molecule has 0 unspecified atom stereocenters. The van der Waals surface area contributed by atoms with Crippen molar-refractivity contribution in [3.63, 3.8) is 0 Å². The molecule has 0 saturated carbocycles. The van der Waals surface area contributed by atoms with Crippen LogP contribution in [0.3, 0.4) is 0 Å². The first-order valence-electron chi connectivity index (χ1n) is 7.90. The minimum absolute atomic E-state index is 0.125. The van der Waals surface area contributed by atoms with Gasteiger partial charge in [-0.05, 0) is 26.0 Å². The van der Waals surface area contributed by atoms with Crippen LogP contribution in [0.5, 0.6) is 0 Å². The van der Waals surface area contributed by atoms with Crippen LogP contribution in [0, 0.1) is 13.8 Å². The molecule has 0 aliphatic heterocycles. The quantitative estimate of drug-likeness (QED) is 0.773. The van der Waals surface area contributed by atoms with E-state index in [0.717, 1.165) is 23.0 Å². The first-order valence-corrected chi connectivity index (χ1v) is 7.90. The molecule has 3 rings (SSSR count). The van der Waals surface area contributed by atoms with Gasteiger partial charge >= 0.3 is 0 Å². The van der Waals surface area contributed by atoms with E-state index < -0.39 is 0 Å². The van der Waals surface area contributed by atoms with Gasteiger partial charge in [0.1, 0.15) is 17.2 Å². The van der Waals surface area contributed by atoms with Crippen molar-refractivity contribution >= 4 is 5.91 Å². The highest BCUT2D eigenvalue weighted by atomic mass is 16.1. The molecule has 3 heterocycles. The van der Waals surface area contributed by atoms with Crippen LogP contribution in [-0.4, -0.2) is 36.4 Å². The number of nitrogens with zero attached hydrogens (tertiary/aromatic N) is 5. The second-order valence-corrected chi connectivity index (χ2v) is 5.92. The Labute approximate surface area is 140 Å². The molecule has 3 aromatic rings. The summed E-state index contributed by atoms with van der Waals surface area (Å²) in [6.45, 7) is 4.56. The maximum absolute atomic E-state index is 12.6. The lowest BCUT2D eigenvalue weighted by atomic mass is 10.2. The highest BCUT2D eigenvalue weighted by Gasteiger charge is 2.19. The number of carbonyl (C=O) groups is 1. The summed E-state index contributed by atoms with van der Waals surface area (Å²) in [6, 6.07) is 4.07. The van der Waals surface area contributed by atoms with Crippen LogP contribution in [-0.2, 0) is 20.5 Å². The van der Waals surface area contributed by atoms with E-state index in [9.17, 15) is 4.79 Å². The normalized spacial score (nSPS) is 11.0. The molecule has 126 valence electrons. The van der Waals surface area contributed by atoms with Crippen LogP contribution in [0.15, 0.2) is 30.7 Å². The summed E-state index contributed by atoms with van der Waals surface area (Å²) in [5.41, 5.74) is 2.70. The van der Waals surface area contributed by atoms with E-state index in [-0.39, 0.29) is 5.91 Å². The molecule has 1 amide bonds. The first-order chi connectivity index (χ1) is 11.5. The van der Waals surface area contributed by atoms with E-state index in [2.05, 4.69) is 15.4 Å². The average Bonchev–Trinajstić information content (AvgIpc) is 3.21. The van der Waals surface area contributed by atoms with Crippen LogP contribution in [0.25, 0.3) is 5.82 Å². The Morgan fingerprint density at radius 3 is 2.54 bits per heavy atom. The van der Waals surface area contributed by atoms with E-state index >= 15 is 0 Å². The molecule has 0 bridgehead atoms. The number of nitrogens with one attached hydrogen (secondary N) is 1. The van der Waals surface area contributed by atoms with Gasteiger partial charge in [-0.2, -0.15) is 5.10 Å². The predicted molar refractivity (Wildman–Crippen MR) is 91.3 cm³/mol. The summed E-state index contributed by atoms with van der Waals surface area (Å²) in [5, 5.41) is 7.23. The van der Waals surface area contributed by atoms with Crippen molar-refractivity contribution in [1.29, 1.82) is 0 Å². The van der Waals surface area contributed by atoms with E-state index in [1.165, 1.54) is 0 Å². The van der Waals surface area contributed by atoms with E-state index in [4.69, 9.17) is 0 Å². The monoisotopic (exact) mass is 326 g/mol. The van der Waals surface area contributed by atoms with Crippen LogP contribution in [0.2, 0.25) is 0 Å². The second-order valence-electron chi connectivity index (χ2n) is 5.92. The van der Waals surface area contributed by atoms with Gasteiger partial charge in [0.05, 0.1) is 6.20 Å². The summed E-state index contributed by atoms with van der Waals surface area (Å²) < 4.78 is 5.72. The molecular formula is C17H22N6O. The lowest BCUT2D eigenvalue weighted by Gasteiger charge is -2.12. The Kier molecular flexibility index (Phi) is 4.24. The highest BCUT2D eigenvalue weighted by molar-refractivity contribution is 5.97. The Balaban J connectivity index is 1.78. The SMILES string of the molecule is Cc1ccc(C)n1-c1c(C(=O)NCCc2nccn2C)cnn1C. The largest absolute Gasteiger partial charge is 0.351 e. The minimum atomic E-state index is -0.125. The number of hydrogen-bond acceptors (Lipinski definition) is 3. The summed E-state index contributed by atoms with van der Waals surface area (Å²) in [4.78, 5) is 16.9. The number of rotatable bonds is 5. The van der Waals surface area contributed by atoms with Crippen LogP contribution in [0.1, 0.15) is 27.6 Å². The number of amides is 1. The minimum Gasteiger partial charge on any atom is -0.351 e. The number of hydrogen-bond donors (Lipinski definition) is 1. The molecule has 24 heavy (non-hydrogen) atoms. The van der Waals surface area contributed by atoms with Crippen molar-refractivity contribution in [2.75, 3.05) is 6.54 Å². The van der Waals surface area contributed by atoms with E-state index in [1.54, 1.807) is 17.1 Å². The smallest absolute Gasteiger partial charge is 0.256 e. The zero-order valence-electron chi connectivity index (χ0n) is 14.4. The second kappa shape index (κ2) is 6.35. The third-order valence-electron chi connectivity index (χ3n) is 4.19. The standard InChI is InChI=1S/C17H22N6O/c1-12-5-6-13(2)23(12)17-14(11-20-22(17)4)16(24)19-8-7-15-18-9-10-21(15)3/h5-6,9-11H,7-8H2,1-4H3,(H,19,24). The molecular weight excluding hydrogens is 304 g/mol. The molecule has 0 atom stereocenters. The molecule has 0 radical (unpaired) electrons. The fourth-order valence-corrected chi connectivity index (χ4v) is 2.88. The Hall–Kier alpha value is -2.83. The van der Waals surface area contributed by atoms with Gasteiger partial charge in [-0.3, -0.25) is 9.48 Å². The molecule has 3 aromatic heterocycles. The maximum atomic E-state index is 12.6. The summed E-state index contributed by atoms with van der Waals surface area (Å²) in [6.07, 6.45) is 5.96. The molecule has 7 heteroatoms. The average molecular weight is 326 g/mol. The van der Waals surface area contributed by atoms with Gasteiger partial charge in [-0.15, -0.1) is 0 Å². The van der Waals surface area contributed by atoms with Crippen molar-refractivity contribution < 1.29 is 4.79 Å². The van der Waals surface area contributed by atoms with Gasteiger partial charge in [-0.25, -0.2) is 4.98 Å². The lowest BCUT2D eigenvalue weighted by Crippen LogP contribution is -2.27. The first kappa shape index (κ1) is 16.0. The summed E-state index contributed by atoms with van der Waals surface area (Å²) in [7, 11) is 3.79. The van der Waals surface area contributed by atoms with Crippen LogP contribution < -0.4 is 5.32 Å². The van der Waals surface area contributed by atoms with E-state index in [1.807, 2.05) is 55.4 Å². The van der Waals surface area contributed by atoms with E-state index in [0.29, 0.717) is 18.5 Å². The van der Waals surface area contributed by atoms with Gasteiger partial charge in [0, 0.05) is 50.8 Å². The third-order valence-corrected chi connectivity index (χ3v) is 4.19. The van der Waals surface area contributed by atoms with Gasteiger partial charge in [-0.1, -0.05) is 0 Å². The number of aromatic nitrogens is 5. The molecule has 0 saturated heterocycles. The van der Waals surface area contributed by atoms with Gasteiger partial charge in [0.15, 0.2) is 0 Å². The zero-order chi connectivity index (χ0) is 17.3. The fourth-order valence-electron chi connectivity index (χ4n) is 2.88. The van der Waals surface area contributed by atoms with Gasteiger partial charge in [0.25, 0.3) is 5.91 Å². The molecule has 0 aliphatic rings. The Bertz CT molecular complexity index is 850. The van der Waals surface area contributed by atoms with Crippen molar-refractivity contribution in [3.05, 3.63) is 53.5 Å². The van der Waals surface area contributed by atoms with Gasteiger partial charge in [0.2, 0.25) is 0 Å². The Morgan fingerprint density at radius 1 is 1.21 bits per heavy atom. The number of carbonyl (C=O) groups excluding carboxylic acids is 1. The highest BCUT2D eigenvalue weighted by Crippen LogP contribution is 2.19. The Morgan fingerprint density at radius 2 is 1.92 bits per heavy atom. The lowest BCUT2D eigenvalue weighted by molar-refractivity contribution is 0.0954. The van der Waals surface area contributed by atoms with Crippen LogP contribution in [0.4, 0.5) is 0 Å². The van der Waals surface area contributed by atoms with Crippen molar-refractivity contribution in [2.45, 2.75) is 20.3 Å². The molecule has 0 fully saturated rings. The summed E-state index contributed by atoms with van der Waals surface area (Å²) in [5.74, 6) is 1.60. The topological polar surface area (TPSA) is 69.7 Å². The maximum Gasteiger partial charge on any atom is 0.256 e. The molecule has 1 N–H and O–H groups in total. The fraction of sp³-hybridized carbons (Fsp3) is 0.353. The number of aryl methyl sites for hydroxylation is 4.